The predicted octanol–water partition coefficient (Wildman–Crippen LogP) is 4.33. The van der Waals surface area contributed by atoms with Gasteiger partial charge in [-0.25, -0.2) is 0 Å². The van der Waals surface area contributed by atoms with Crippen LogP contribution in [0.25, 0.3) is 0 Å². The van der Waals surface area contributed by atoms with Crippen LogP contribution in [0.2, 0.25) is 0 Å². The van der Waals surface area contributed by atoms with Crippen molar-refractivity contribution in [2.75, 3.05) is 0 Å². The van der Waals surface area contributed by atoms with Crippen molar-refractivity contribution < 1.29 is 14.7 Å². The molecule has 3 atom stereocenters. The molecule has 2 heterocycles. The van der Waals surface area contributed by atoms with Crippen LogP contribution >= 0.6 is 0 Å². The van der Waals surface area contributed by atoms with Crippen molar-refractivity contribution in [1.29, 1.82) is 0 Å². The number of hydrogen-bond acceptors (Lipinski definition) is 3. The van der Waals surface area contributed by atoms with E-state index in [2.05, 4.69) is 0 Å². The third-order valence-electron chi connectivity index (χ3n) is 6.96. The standard InChI is InChI=1S/C25H29NO3/c1-24(2)23(28)26-20(16-22(27)18-10-5-3-6-11-18)14-9-15-21(26)17-25(24,29)19-12-7-4-8-13-19/h3-8,10-13,20-21,29H,9,14-17H2,1-2H3/t20-,21+,25+/m0/s1. The van der Waals surface area contributed by atoms with Crippen LogP contribution in [-0.4, -0.2) is 33.8 Å². The van der Waals surface area contributed by atoms with Gasteiger partial charge in [-0.2, -0.15) is 0 Å². The molecule has 4 nitrogen and oxygen atoms in total. The van der Waals surface area contributed by atoms with E-state index in [1.54, 1.807) is 0 Å². The van der Waals surface area contributed by atoms with E-state index in [0.717, 1.165) is 24.8 Å². The van der Waals surface area contributed by atoms with E-state index >= 15 is 0 Å². The number of carbonyl (C=O) groups excluding carboxylic acids is 2. The van der Waals surface area contributed by atoms with Gasteiger partial charge in [0.15, 0.2) is 5.78 Å². The summed E-state index contributed by atoms with van der Waals surface area (Å²) in [5.74, 6) is 0.0245. The van der Waals surface area contributed by atoms with Gasteiger partial charge in [-0.05, 0) is 38.7 Å². The molecule has 2 fully saturated rings. The second-order valence-electron chi connectivity index (χ2n) is 9.00. The Morgan fingerprint density at radius 3 is 2.31 bits per heavy atom. The number of carbonyl (C=O) groups is 2. The number of benzene rings is 2. The maximum atomic E-state index is 13.7. The first kappa shape index (κ1) is 19.8. The van der Waals surface area contributed by atoms with E-state index < -0.39 is 11.0 Å². The van der Waals surface area contributed by atoms with Crippen molar-refractivity contribution in [1.82, 2.24) is 4.90 Å². The minimum absolute atomic E-state index is 0.0388. The molecule has 0 aliphatic carbocycles. The van der Waals surface area contributed by atoms with Gasteiger partial charge in [-0.15, -0.1) is 0 Å². The van der Waals surface area contributed by atoms with E-state index in [-0.39, 0.29) is 23.8 Å². The summed E-state index contributed by atoms with van der Waals surface area (Å²) in [7, 11) is 0. The Kier molecular flexibility index (Phi) is 5.07. The van der Waals surface area contributed by atoms with E-state index in [4.69, 9.17) is 0 Å². The van der Waals surface area contributed by atoms with Gasteiger partial charge in [0.1, 0.15) is 5.60 Å². The molecule has 0 saturated carbocycles. The number of amides is 1. The van der Waals surface area contributed by atoms with E-state index in [0.29, 0.717) is 18.4 Å². The first-order chi connectivity index (χ1) is 13.8. The molecule has 1 amide bonds. The third kappa shape index (κ3) is 3.29. The second kappa shape index (κ2) is 7.42. The molecule has 0 aromatic heterocycles. The highest BCUT2D eigenvalue weighted by Crippen LogP contribution is 2.51. The van der Waals surface area contributed by atoms with Crippen LogP contribution in [0.3, 0.4) is 0 Å². The Balaban J connectivity index is 1.63. The van der Waals surface area contributed by atoms with Crippen LogP contribution in [0.1, 0.15) is 61.9 Å². The smallest absolute Gasteiger partial charge is 0.232 e. The summed E-state index contributed by atoms with van der Waals surface area (Å²) >= 11 is 0. The molecule has 2 aromatic carbocycles. The summed E-state index contributed by atoms with van der Waals surface area (Å²) in [5.41, 5.74) is -0.687. The third-order valence-corrected chi connectivity index (χ3v) is 6.96. The number of rotatable bonds is 4. The molecule has 152 valence electrons. The lowest BCUT2D eigenvalue weighted by molar-refractivity contribution is -0.188. The minimum Gasteiger partial charge on any atom is -0.384 e. The molecule has 0 unspecified atom stereocenters. The average molecular weight is 392 g/mol. The summed E-state index contributed by atoms with van der Waals surface area (Å²) in [5, 5.41) is 11.7. The first-order valence-corrected chi connectivity index (χ1v) is 10.5. The normalized spacial score (nSPS) is 28.7. The molecular weight excluding hydrogens is 362 g/mol. The SMILES string of the molecule is CC1(C)C(=O)N2[C@H](CCC[C@H]2CC(=O)c2ccccc2)C[C@@]1(O)c1ccccc1. The Morgan fingerprint density at radius 1 is 1.03 bits per heavy atom. The monoisotopic (exact) mass is 391 g/mol. The summed E-state index contributed by atoms with van der Waals surface area (Å²) in [6.45, 7) is 3.67. The van der Waals surface area contributed by atoms with Crippen LogP contribution in [0.5, 0.6) is 0 Å². The zero-order valence-electron chi connectivity index (χ0n) is 17.2. The number of Topliss-reactive ketones (excluding diaryl/α,β-unsaturated/α-hetero) is 1. The molecule has 2 saturated heterocycles. The molecule has 0 bridgehead atoms. The van der Waals surface area contributed by atoms with Gasteiger partial charge in [0.25, 0.3) is 0 Å². The molecule has 2 aliphatic heterocycles. The van der Waals surface area contributed by atoms with Gasteiger partial charge in [0, 0.05) is 30.5 Å². The molecule has 0 radical (unpaired) electrons. The zero-order valence-corrected chi connectivity index (χ0v) is 17.2. The van der Waals surface area contributed by atoms with Crippen LogP contribution in [0.15, 0.2) is 60.7 Å². The van der Waals surface area contributed by atoms with Crippen molar-refractivity contribution in [2.24, 2.45) is 5.41 Å². The van der Waals surface area contributed by atoms with Gasteiger partial charge in [-0.1, -0.05) is 60.7 Å². The molecule has 4 heteroatoms. The molecule has 29 heavy (non-hydrogen) atoms. The summed E-state index contributed by atoms with van der Waals surface area (Å²) in [6, 6.07) is 18.7. The number of aliphatic hydroxyl groups is 1. The number of hydrogen-bond donors (Lipinski definition) is 1. The topological polar surface area (TPSA) is 57.6 Å². The highest BCUT2D eigenvalue weighted by Gasteiger charge is 2.59. The van der Waals surface area contributed by atoms with Gasteiger partial charge in [0.2, 0.25) is 5.91 Å². The molecule has 2 aliphatic rings. The van der Waals surface area contributed by atoms with Crippen molar-refractivity contribution in [3.05, 3.63) is 71.8 Å². The Bertz CT molecular complexity index is 893. The molecule has 0 spiro atoms. The lowest BCUT2D eigenvalue weighted by Gasteiger charge is -2.56. The summed E-state index contributed by atoms with van der Waals surface area (Å²) < 4.78 is 0. The minimum atomic E-state index is -1.21. The van der Waals surface area contributed by atoms with Gasteiger partial charge < -0.3 is 10.0 Å². The molecule has 2 aromatic rings. The van der Waals surface area contributed by atoms with Crippen molar-refractivity contribution >= 4 is 11.7 Å². The Hall–Kier alpha value is -2.46. The van der Waals surface area contributed by atoms with Crippen molar-refractivity contribution in [3.63, 3.8) is 0 Å². The zero-order chi connectivity index (χ0) is 20.6. The molecule has 1 N–H and O–H groups in total. The summed E-state index contributed by atoms with van der Waals surface area (Å²) in [4.78, 5) is 28.4. The maximum absolute atomic E-state index is 13.7. The second-order valence-corrected chi connectivity index (χ2v) is 9.00. The number of piperidine rings is 2. The van der Waals surface area contributed by atoms with Crippen LogP contribution in [0, 0.1) is 5.41 Å². The number of ketones is 1. The predicted molar refractivity (Wildman–Crippen MR) is 112 cm³/mol. The van der Waals surface area contributed by atoms with Crippen molar-refractivity contribution in [2.45, 2.75) is 63.6 Å². The van der Waals surface area contributed by atoms with E-state index in [9.17, 15) is 14.7 Å². The van der Waals surface area contributed by atoms with Crippen LogP contribution < -0.4 is 0 Å². The lowest BCUT2D eigenvalue weighted by atomic mass is 9.62. The van der Waals surface area contributed by atoms with Crippen molar-refractivity contribution in [3.8, 4) is 0 Å². The van der Waals surface area contributed by atoms with Gasteiger partial charge in [-0.3, -0.25) is 9.59 Å². The maximum Gasteiger partial charge on any atom is 0.232 e. The lowest BCUT2D eigenvalue weighted by Crippen LogP contribution is -2.66. The van der Waals surface area contributed by atoms with E-state index in [1.807, 2.05) is 79.4 Å². The fourth-order valence-corrected chi connectivity index (χ4v) is 5.14. The van der Waals surface area contributed by atoms with Gasteiger partial charge >= 0.3 is 0 Å². The first-order valence-electron chi connectivity index (χ1n) is 10.5. The van der Waals surface area contributed by atoms with Crippen LogP contribution in [0.4, 0.5) is 0 Å². The fourth-order valence-electron chi connectivity index (χ4n) is 5.14. The van der Waals surface area contributed by atoms with E-state index in [1.165, 1.54) is 0 Å². The Morgan fingerprint density at radius 2 is 1.66 bits per heavy atom. The largest absolute Gasteiger partial charge is 0.384 e. The van der Waals surface area contributed by atoms with Gasteiger partial charge in [0.05, 0.1) is 5.41 Å². The fraction of sp³-hybridized carbons (Fsp3) is 0.440. The number of fused-ring (bicyclic) bond motifs is 1. The highest BCUT2D eigenvalue weighted by atomic mass is 16.3. The number of nitrogens with zero attached hydrogens (tertiary/aromatic N) is 1. The average Bonchev–Trinajstić information content (AvgIpc) is 2.73. The highest BCUT2D eigenvalue weighted by molar-refractivity contribution is 5.97. The molecular formula is C25H29NO3. The quantitative estimate of drug-likeness (QED) is 0.790. The Labute approximate surface area is 172 Å². The summed E-state index contributed by atoms with van der Waals surface area (Å²) in [6.07, 6.45) is 3.51. The molecule has 4 rings (SSSR count). The van der Waals surface area contributed by atoms with Crippen LogP contribution in [-0.2, 0) is 10.4 Å².